The highest BCUT2D eigenvalue weighted by molar-refractivity contribution is 6.63. The van der Waals surface area contributed by atoms with Crippen molar-refractivity contribution >= 4 is 18.4 Å². The molecule has 1 N–H and O–H groups in total. The van der Waals surface area contributed by atoms with Crippen LogP contribution in [0, 0.1) is 0 Å². The Morgan fingerprint density at radius 2 is 1.74 bits per heavy atom. The normalized spacial score (nSPS) is 20.6. The van der Waals surface area contributed by atoms with Crippen LogP contribution in [0.4, 0.5) is 0 Å². The highest BCUT2D eigenvalue weighted by Gasteiger charge is 2.52. The lowest BCUT2D eigenvalue weighted by atomic mass is 9.76. The highest BCUT2D eigenvalue weighted by Crippen LogP contribution is 2.36. The number of carbonyl (C=O) groups is 1. The van der Waals surface area contributed by atoms with E-state index < -0.39 is 23.9 Å². The molecule has 0 saturated carbocycles. The van der Waals surface area contributed by atoms with E-state index in [0.717, 1.165) is 0 Å². The number of ketones is 1. The summed E-state index contributed by atoms with van der Waals surface area (Å²) in [7, 11) is -0.703. The zero-order valence-corrected chi connectivity index (χ0v) is 11.9. The zero-order valence-electron chi connectivity index (χ0n) is 11.9. The predicted molar refractivity (Wildman–Crippen MR) is 72.8 cm³/mol. The lowest BCUT2D eigenvalue weighted by molar-refractivity contribution is 0.00578. The molecule has 0 bridgehead atoms. The van der Waals surface area contributed by atoms with E-state index in [-0.39, 0.29) is 11.3 Å². The Hall–Kier alpha value is -1.40. The third-order valence-electron chi connectivity index (χ3n) is 3.85. The van der Waals surface area contributed by atoms with E-state index in [4.69, 9.17) is 9.31 Å². The maximum absolute atomic E-state index is 11.8. The van der Waals surface area contributed by atoms with Gasteiger partial charge in [-0.3, -0.25) is 9.59 Å². The van der Waals surface area contributed by atoms with Gasteiger partial charge in [0.25, 0.3) is 5.56 Å². The highest BCUT2D eigenvalue weighted by atomic mass is 16.7. The van der Waals surface area contributed by atoms with E-state index in [2.05, 4.69) is 4.98 Å². The first-order chi connectivity index (χ1) is 8.66. The molecule has 0 radical (unpaired) electrons. The topological polar surface area (TPSA) is 68.4 Å². The van der Waals surface area contributed by atoms with Gasteiger partial charge in [0, 0.05) is 11.7 Å². The summed E-state index contributed by atoms with van der Waals surface area (Å²) in [6.45, 7) is 9.06. The minimum atomic E-state index is -0.703. The molecular formula is C13H18BNO4. The van der Waals surface area contributed by atoms with Crippen molar-refractivity contribution in [3.05, 3.63) is 28.2 Å². The van der Waals surface area contributed by atoms with Crippen molar-refractivity contribution in [2.75, 3.05) is 0 Å². The predicted octanol–water partition coefficient (Wildman–Crippen LogP) is 0.877. The van der Waals surface area contributed by atoms with E-state index >= 15 is 0 Å². The Morgan fingerprint density at radius 3 is 2.21 bits per heavy atom. The van der Waals surface area contributed by atoms with E-state index in [9.17, 15) is 9.59 Å². The Kier molecular flexibility index (Phi) is 3.19. The van der Waals surface area contributed by atoms with Crippen molar-refractivity contribution in [1.29, 1.82) is 0 Å². The molecule has 1 fully saturated rings. The van der Waals surface area contributed by atoms with Gasteiger partial charge in [-0.2, -0.15) is 0 Å². The lowest BCUT2D eigenvalue weighted by Crippen LogP contribution is -2.41. The molecule has 5 nitrogen and oxygen atoms in total. The second-order valence-electron chi connectivity index (χ2n) is 5.78. The van der Waals surface area contributed by atoms with Crippen molar-refractivity contribution in [2.24, 2.45) is 0 Å². The molecule has 1 aliphatic heterocycles. The van der Waals surface area contributed by atoms with Crippen molar-refractivity contribution in [3.8, 4) is 0 Å². The van der Waals surface area contributed by atoms with Gasteiger partial charge >= 0.3 is 7.12 Å². The van der Waals surface area contributed by atoms with Crippen molar-refractivity contribution in [1.82, 2.24) is 4.98 Å². The molecular weight excluding hydrogens is 245 g/mol. The van der Waals surface area contributed by atoms with Crippen molar-refractivity contribution < 1.29 is 14.1 Å². The first kappa shape index (κ1) is 14.0. The fourth-order valence-corrected chi connectivity index (χ4v) is 2.02. The fraction of sp³-hybridized carbons (Fsp3) is 0.538. The summed E-state index contributed by atoms with van der Waals surface area (Å²) >= 11 is 0. The van der Waals surface area contributed by atoms with Gasteiger partial charge in [0.1, 0.15) is 0 Å². The number of rotatable bonds is 2. The number of H-pyrrole nitrogens is 1. The van der Waals surface area contributed by atoms with Gasteiger partial charge in [-0.25, -0.2) is 0 Å². The summed E-state index contributed by atoms with van der Waals surface area (Å²) in [5.41, 5.74) is -0.849. The van der Waals surface area contributed by atoms with Crippen LogP contribution in [-0.4, -0.2) is 29.1 Å². The SMILES string of the molecule is CC(=O)c1c(B2OC(C)(C)C(C)(C)O2)cc[nH]c1=O. The van der Waals surface area contributed by atoms with Gasteiger partial charge in [0.05, 0.1) is 16.8 Å². The number of nitrogens with one attached hydrogen (secondary N) is 1. The first-order valence-corrected chi connectivity index (χ1v) is 6.24. The Morgan fingerprint density at radius 1 is 1.21 bits per heavy atom. The quantitative estimate of drug-likeness (QED) is 0.635. The van der Waals surface area contributed by atoms with Crippen LogP contribution in [0.5, 0.6) is 0 Å². The summed E-state index contributed by atoms with van der Waals surface area (Å²) in [6, 6.07) is 1.65. The van der Waals surface area contributed by atoms with Crippen LogP contribution in [0.15, 0.2) is 17.1 Å². The van der Waals surface area contributed by atoms with Crippen molar-refractivity contribution in [3.63, 3.8) is 0 Å². The molecule has 2 heterocycles. The number of aromatic amines is 1. The first-order valence-electron chi connectivity index (χ1n) is 6.24. The van der Waals surface area contributed by atoms with Gasteiger partial charge in [-0.15, -0.1) is 0 Å². The molecule has 0 amide bonds. The summed E-state index contributed by atoms with van der Waals surface area (Å²) < 4.78 is 11.7. The molecule has 0 aromatic carbocycles. The summed E-state index contributed by atoms with van der Waals surface area (Å²) in [6.07, 6.45) is 1.50. The molecule has 2 rings (SSSR count). The van der Waals surface area contributed by atoms with E-state index in [1.807, 2.05) is 27.7 Å². The van der Waals surface area contributed by atoms with Gasteiger partial charge in [0.2, 0.25) is 0 Å². The Bertz CT molecular complexity index is 560. The van der Waals surface area contributed by atoms with Crippen LogP contribution in [0.25, 0.3) is 0 Å². The minimum Gasteiger partial charge on any atom is -0.399 e. The molecule has 1 saturated heterocycles. The molecule has 0 atom stereocenters. The maximum atomic E-state index is 11.8. The Labute approximate surface area is 112 Å². The minimum absolute atomic E-state index is 0.0981. The number of Topliss-reactive ketones (excluding diaryl/α,β-unsaturated/α-hetero) is 1. The van der Waals surface area contributed by atoms with Gasteiger partial charge < -0.3 is 14.3 Å². The van der Waals surface area contributed by atoms with E-state index in [1.54, 1.807) is 6.07 Å². The third-order valence-corrected chi connectivity index (χ3v) is 3.85. The fourth-order valence-electron chi connectivity index (χ4n) is 2.02. The van der Waals surface area contributed by atoms with Gasteiger partial charge in [0.15, 0.2) is 5.78 Å². The number of carbonyl (C=O) groups excluding carboxylic acids is 1. The molecule has 0 spiro atoms. The average molecular weight is 263 g/mol. The van der Waals surface area contributed by atoms with E-state index in [1.165, 1.54) is 13.1 Å². The second-order valence-corrected chi connectivity index (χ2v) is 5.78. The largest absolute Gasteiger partial charge is 0.495 e. The molecule has 1 aromatic rings. The van der Waals surface area contributed by atoms with Crippen LogP contribution in [0.3, 0.4) is 0 Å². The molecule has 19 heavy (non-hydrogen) atoms. The standard InChI is InChI=1S/C13H18BNO4/c1-8(16)10-9(6-7-15-11(10)17)14-18-12(2,3)13(4,5)19-14/h6-7H,1-5H3,(H,15,17). The van der Waals surface area contributed by atoms with Crippen LogP contribution >= 0.6 is 0 Å². The van der Waals surface area contributed by atoms with Gasteiger partial charge in [-0.1, -0.05) is 0 Å². The molecule has 0 unspecified atom stereocenters. The second kappa shape index (κ2) is 4.32. The number of hydrogen-bond acceptors (Lipinski definition) is 4. The van der Waals surface area contributed by atoms with Crippen LogP contribution in [0.2, 0.25) is 0 Å². The summed E-state index contributed by atoms with van der Waals surface area (Å²) in [5.74, 6) is -0.299. The monoisotopic (exact) mass is 263 g/mol. The molecule has 1 aliphatic rings. The van der Waals surface area contributed by atoms with Crippen LogP contribution < -0.4 is 11.0 Å². The van der Waals surface area contributed by atoms with Gasteiger partial charge in [-0.05, 0) is 40.7 Å². The number of aromatic nitrogens is 1. The smallest absolute Gasteiger partial charge is 0.399 e. The maximum Gasteiger partial charge on any atom is 0.495 e. The van der Waals surface area contributed by atoms with Crippen LogP contribution in [0.1, 0.15) is 45.0 Å². The third kappa shape index (κ3) is 2.26. The molecule has 0 aliphatic carbocycles. The Balaban J connectivity index is 2.49. The number of pyridine rings is 1. The van der Waals surface area contributed by atoms with Crippen LogP contribution in [-0.2, 0) is 9.31 Å². The zero-order chi connectivity index (χ0) is 14.4. The average Bonchev–Trinajstić information content (AvgIpc) is 2.47. The summed E-state index contributed by atoms with van der Waals surface area (Å²) in [4.78, 5) is 25.9. The summed E-state index contributed by atoms with van der Waals surface area (Å²) in [5, 5.41) is 0. The van der Waals surface area contributed by atoms with Crippen molar-refractivity contribution in [2.45, 2.75) is 45.8 Å². The number of hydrogen-bond donors (Lipinski definition) is 1. The molecule has 1 aromatic heterocycles. The molecule has 6 heteroatoms. The lowest BCUT2D eigenvalue weighted by Gasteiger charge is -2.32. The van der Waals surface area contributed by atoms with E-state index in [0.29, 0.717) is 5.46 Å². The molecule has 102 valence electrons.